The Bertz CT molecular complexity index is 743. The number of nitrogens with one attached hydrogen (secondary N) is 1. The third-order valence-corrected chi connectivity index (χ3v) is 5.63. The number of benzene rings is 1. The molecule has 0 bridgehead atoms. The Kier molecular flexibility index (Phi) is 4.13. The van der Waals surface area contributed by atoms with Gasteiger partial charge in [-0.3, -0.25) is 4.98 Å². The fraction of sp³-hybridized carbons (Fsp3) is 0.500. The van der Waals surface area contributed by atoms with Crippen molar-refractivity contribution >= 4 is 16.9 Å². The molecule has 0 atom stereocenters. The highest BCUT2D eigenvalue weighted by Crippen LogP contribution is 2.47. The van der Waals surface area contributed by atoms with Crippen molar-refractivity contribution in [2.45, 2.75) is 39.2 Å². The summed E-state index contributed by atoms with van der Waals surface area (Å²) in [6.07, 6.45) is 7.43. The second-order valence-corrected chi connectivity index (χ2v) is 7.18. The minimum absolute atomic E-state index is 0.597. The highest BCUT2D eigenvalue weighted by atomic mass is 15.3. The Balaban J connectivity index is 1.55. The van der Waals surface area contributed by atoms with Gasteiger partial charge in [0.25, 0.3) is 0 Å². The third kappa shape index (κ3) is 2.85. The number of fused-ring (bicyclic) bond motifs is 1. The average Bonchev–Trinajstić information content (AvgIpc) is 3.04. The molecule has 4 nitrogen and oxygen atoms in total. The summed E-state index contributed by atoms with van der Waals surface area (Å²) in [5.41, 5.74) is 2.89. The van der Waals surface area contributed by atoms with Crippen LogP contribution in [0.5, 0.6) is 0 Å². The zero-order valence-electron chi connectivity index (χ0n) is 14.5. The van der Waals surface area contributed by atoms with Gasteiger partial charge < -0.3 is 10.2 Å². The fourth-order valence-corrected chi connectivity index (χ4v) is 4.08. The number of rotatable bonds is 3. The Labute approximate surface area is 144 Å². The number of hydrogen-bond donors (Lipinski definition) is 1. The van der Waals surface area contributed by atoms with E-state index in [0.29, 0.717) is 12.0 Å². The van der Waals surface area contributed by atoms with Crippen LogP contribution in [-0.4, -0.2) is 35.5 Å². The van der Waals surface area contributed by atoms with Crippen LogP contribution in [0, 0.1) is 5.41 Å². The predicted octanol–water partition coefficient (Wildman–Crippen LogP) is 3.58. The minimum atomic E-state index is 0.597. The molecule has 4 rings (SSSR count). The summed E-state index contributed by atoms with van der Waals surface area (Å²) in [6.45, 7) is 6.08. The first-order valence-electron chi connectivity index (χ1n) is 9.16. The first kappa shape index (κ1) is 15.4. The quantitative estimate of drug-likeness (QED) is 0.693. The molecule has 4 heteroatoms. The molecule has 1 spiro atoms. The topological polar surface area (TPSA) is 40.5 Å². The molecule has 1 saturated heterocycles. The molecule has 1 aromatic heterocycles. The molecule has 1 aromatic carbocycles. The maximum absolute atomic E-state index is 4.94. The summed E-state index contributed by atoms with van der Waals surface area (Å²) in [5, 5.41) is 4.69. The zero-order valence-corrected chi connectivity index (χ0v) is 14.5. The summed E-state index contributed by atoms with van der Waals surface area (Å²) in [4.78, 5) is 11.9. The monoisotopic (exact) mass is 322 g/mol. The molecule has 2 aliphatic rings. The SMILES string of the molecule is CCNC(=NCc1ccnc2ccccc12)N1CCC2(CCC2)C1. The molecular formula is C20H26N4. The van der Waals surface area contributed by atoms with E-state index in [1.807, 2.05) is 12.3 Å². The fourth-order valence-electron chi connectivity index (χ4n) is 4.08. The lowest BCUT2D eigenvalue weighted by Crippen LogP contribution is -2.42. The average molecular weight is 322 g/mol. The maximum atomic E-state index is 4.94. The van der Waals surface area contributed by atoms with Crippen molar-refractivity contribution in [3.8, 4) is 0 Å². The zero-order chi connectivity index (χ0) is 16.4. The maximum Gasteiger partial charge on any atom is 0.194 e. The van der Waals surface area contributed by atoms with Crippen LogP contribution in [0.2, 0.25) is 0 Å². The number of para-hydroxylation sites is 1. The van der Waals surface area contributed by atoms with Crippen molar-refractivity contribution in [1.29, 1.82) is 0 Å². The molecule has 1 aliphatic heterocycles. The van der Waals surface area contributed by atoms with Gasteiger partial charge in [-0.2, -0.15) is 0 Å². The Morgan fingerprint density at radius 2 is 2.12 bits per heavy atom. The van der Waals surface area contributed by atoms with Crippen molar-refractivity contribution in [3.63, 3.8) is 0 Å². The molecule has 24 heavy (non-hydrogen) atoms. The van der Waals surface area contributed by atoms with Gasteiger partial charge in [0.1, 0.15) is 0 Å². The lowest BCUT2D eigenvalue weighted by atomic mass is 9.68. The molecule has 126 valence electrons. The van der Waals surface area contributed by atoms with Gasteiger partial charge in [0.15, 0.2) is 5.96 Å². The van der Waals surface area contributed by atoms with E-state index < -0.39 is 0 Å². The largest absolute Gasteiger partial charge is 0.357 e. The van der Waals surface area contributed by atoms with Gasteiger partial charge in [-0.15, -0.1) is 0 Å². The smallest absolute Gasteiger partial charge is 0.194 e. The number of pyridine rings is 1. The van der Waals surface area contributed by atoms with Gasteiger partial charge in [0, 0.05) is 31.2 Å². The van der Waals surface area contributed by atoms with Gasteiger partial charge >= 0.3 is 0 Å². The Morgan fingerprint density at radius 1 is 1.25 bits per heavy atom. The first-order valence-corrected chi connectivity index (χ1v) is 9.16. The van der Waals surface area contributed by atoms with Crippen molar-refractivity contribution in [2.24, 2.45) is 10.4 Å². The normalized spacial score (nSPS) is 19.7. The number of aliphatic imine (C=N–C) groups is 1. The highest BCUT2D eigenvalue weighted by Gasteiger charge is 2.43. The Hall–Kier alpha value is -2.10. The van der Waals surface area contributed by atoms with Gasteiger partial charge in [0.05, 0.1) is 12.1 Å². The standard InChI is InChI=1S/C20H26N4/c1-2-21-19(24-13-11-20(15-24)9-5-10-20)23-14-16-8-12-22-18-7-4-3-6-17(16)18/h3-4,6-8,12H,2,5,9-11,13-15H2,1H3,(H,21,23). The van der Waals surface area contributed by atoms with Crippen molar-refractivity contribution in [1.82, 2.24) is 15.2 Å². The molecule has 1 saturated carbocycles. The van der Waals surface area contributed by atoms with Gasteiger partial charge in [-0.05, 0) is 49.3 Å². The molecule has 2 heterocycles. The van der Waals surface area contributed by atoms with E-state index in [4.69, 9.17) is 4.99 Å². The molecule has 0 amide bonds. The minimum Gasteiger partial charge on any atom is -0.357 e. The molecule has 2 fully saturated rings. The lowest BCUT2D eigenvalue weighted by molar-refractivity contribution is 0.151. The number of hydrogen-bond acceptors (Lipinski definition) is 2. The van der Waals surface area contributed by atoms with Crippen LogP contribution < -0.4 is 5.32 Å². The summed E-state index contributed by atoms with van der Waals surface area (Å²) in [5.74, 6) is 1.07. The van der Waals surface area contributed by atoms with Crippen LogP contribution in [0.1, 0.15) is 38.2 Å². The number of aromatic nitrogens is 1. The van der Waals surface area contributed by atoms with Crippen LogP contribution in [-0.2, 0) is 6.54 Å². The summed E-state index contributed by atoms with van der Waals surface area (Å²) in [6, 6.07) is 10.4. The number of likely N-dealkylation sites (tertiary alicyclic amines) is 1. The molecule has 2 aromatic rings. The van der Waals surface area contributed by atoms with E-state index >= 15 is 0 Å². The van der Waals surface area contributed by atoms with Gasteiger partial charge in [0.2, 0.25) is 0 Å². The molecule has 1 aliphatic carbocycles. The van der Waals surface area contributed by atoms with Crippen LogP contribution in [0.4, 0.5) is 0 Å². The Morgan fingerprint density at radius 3 is 2.88 bits per heavy atom. The van der Waals surface area contributed by atoms with E-state index in [1.54, 1.807) is 0 Å². The molecule has 0 radical (unpaired) electrons. The van der Waals surface area contributed by atoms with Gasteiger partial charge in [-0.25, -0.2) is 4.99 Å². The lowest BCUT2D eigenvalue weighted by Gasteiger charge is -2.38. The molecule has 1 N–H and O–H groups in total. The second-order valence-electron chi connectivity index (χ2n) is 7.18. The van der Waals surface area contributed by atoms with Crippen molar-refractivity contribution in [3.05, 3.63) is 42.1 Å². The van der Waals surface area contributed by atoms with Crippen LogP contribution in [0.3, 0.4) is 0 Å². The van der Waals surface area contributed by atoms with E-state index in [9.17, 15) is 0 Å². The second kappa shape index (κ2) is 6.42. The van der Waals surface area contributed by atoms with E-state index in [0.717, 1.165) is 24.6 Å². The molecular weight excluding hydrogens is 296 g/mol. The molecule has 0 unspecified atom stereocenters. The van der Waals surface area contributed by atoms with Gasteiger partial charge in [-0.1, -0.05) is 24.6 Å². The van der Waals surface area contributed by atoms with E-state index in [2.05, 4.69) is 46.4 Å². The van der Waals surface area contributed by atoms with Crippen LogP contribution >= 0.6 is 0 Å². The summed E-state index contributed by atoms with van der Waals surface area (Å²) in [7, 11) is 0. The number of guanidine groups is 1. The van der Waals surface area contributed by atoms with Crippen molar-refractivity contribution < 1.29 is 0 Å². The van der Waals surface area contributed by atoms with E-state index in [1.165, 1.54) is 43.2 Å². The van der Waals surface area contributed by atoms with E-state index in [-0.39, 0.29) is 0 Å². The van der Waals surface area contributed by atoms with Crippen molar-refractivity contribution in [2.75, 3.05) is 19.6 Å². The summed E-state index contributed by atoms with van der Waals surface area (Å²) < 4.78 is 0. The summed E-state index contributed by atoms with van der Waals surface area (Å²) >= 11 is 0. The van der Waals surface area contributed by atoms with Crippen LogP contribution in [0.25, 0.3) is 10.9 Å². The third-order valence-electron chi connectivity index (χ3n) is 5.63. The number of nitrogens with zero attached hydrogens (tertiary/aromatic N) is 3. The first-order chi connectivity index (χ1) is 11.8. The highest BCUT2D eigenvalue weighted by molar-refractivity contribution is 5.83. The predicted molar refractivity (Wildman–Crippen MR) is 99.0 cm³/mol. The van der Waals surface area contributed by atoms with Crippen LogP contribution in [0.15, 0.2) is 41.5 Å².